The Bertz CT molecular complexity index is 2020. The van der Waals surface area contributed by atoms with Crippen LogP contribution in [0.4, 0.5) is 0 Å². The third-order valence-electron chi connectivity index (χ3n) is 8.11. The van der Waals surface area contributed by atoms with Gasteiger partial charge in [0.25, 0.3) is 11.8 Å². The molecule has 1 atom stereocenters. The number of amides is 2. The summed E-state index contributed by atoms with van der Waals surface area (Å²) in [5.74, 6) is 0.0138. The number of benzene rings is 3. The summed E-state index contributed by atoms with van der Waals surface area (Å²) in [6, 6.07) is 17.4. The lowest BCUT2D eigenvalue weighted by Gasteiger charge is -2.28. The maximum Gasteiger partial charge on any atom is 0.333 e. The Morgan fingerprint density at radius 3 is 2.58 bits per heavy atom. The van der Waals surface area contributed by atoms with Crippen LogP contribution in [0.15, 0.2) is 82.3 Å². The van der Waals surface area contributed by atoms with E-state index in [1.807, 2.05) is 37.3 Å². The molecule has 0 spiro atoms. The molecule has 3 heterocycles. The molecule has 228 valence electrons. The minimum Gasteiger partial charge on any atom is -0.490 e. The fourth-order valence-corrected chi connectivity index (χ4v) is 6.10. The predicted octanol–water partition coefficient (Wildman–Crippen LogP) is 5.69. The molecule has 5 aromatic rings. The van der Waals surface area contributed by atoms with Crippen LogP contribution in [-0.4, -0.2) is 48.5 Å². The van der Waals surface area contributed by atoms with Crippen molar-refractivity contribution >= 4 is 50.4 Å². The smallest absolute Gasteiger partial charge is 0.333 e. The molecule has 0 bridgehead atoms. The van der Waals surface area contributed by atoms with E-state index in [2.05, 4.69) is 31.2 Å². The summed E-state index contributed by atoms with van der Waals surface area (Å²) in [5, 5.41) is 3.50. The van der Waals surface area contributed by atoms with Crippen molar-refractivity contribution < 1.29 is 14.3 Å². The number of ether oxygens (including phenoxy) is 1. The number of aromatic nitrogens is 4. The molecular formula is C33H28BrClN6O4. The van der Waals surface area contributed by atoms with Gasteiger partial charge < -0.3 is 15.0 Å². The van der Waals surface area contributed by atoms with Crippen molar-refractivity contribution in [3.8, 4) is 11.4 Å². The van der Waals surface area contributed by atoms with E-state index in [1.165, 1.54) is 4.57 Å². The zero-order valence-electron chi connectivity index (χ0n) is 24.2. The van der Waals surface area contributed by atoms with Gasteiger partial charge in [-0.3, -0.25) is 28.7 Å². The summed E-state index contributed by atoms with van der Waals surface area (Å²) < 4.78 is 9.59. The topological polar surface area (TPSA) is 111 Å². The molecule has 2 aromatic heterocycles. The van der Waals surface area contributed by atoms with Crippen LogP contribution in [0.1, 0.15) is 57.9 Å². The van der Waals surface area contributed by atoms with E-state index < -0.39 is 11.9 Å². The lowest BCUT2D eigenvalue weighted by atomic mass is 10.1. The first kappa shape index (κ1) is 29.2. The zero-order valence-corrected chi connectivity index (χ0v) is 26.6. The SMILES string of the molecule is CC(NC(=O)c1c2n(c(=O)n1-c1ccc(OC3CC3)cc1)CCN(C(=O)c1ccc(Br)c(Cl)c1)C2)c1cccc2nccnc12. The quantitative estimate of drug-likeness (QED) is 0.236. The van der Waals surface area contributed by atoms with Crippen molar-refractivity contribution in [2.24, 2.45) is 0 Å². The number of carbonyl (C=O) groups is 2. The van der Waals surface area contributed by atoms with E-state index in [0.717, 1.165) is 18.4 Å². The Morgan fingerprint density at radius 1 is 1.04 bits per heavy atom. The van der Waals surface area contributed by atoms with Gasteiger partial charge in [0, 0.05) is 41.1 Å². The fourth-order valence-electron chi connectivity index (χ4n) is 5.68. The highest BCUT2D eigenvalue weighted by atomic mass is 79.9. The van der Waals surface area contributed by atoms with Crippen LogP contribution in [0.2, 0.25) is 5.02 Å². The average molecular weight is 688 g/mol. The number of nitrogens with zero attached hydrogens (tertiary/aromatic N) is 5. The second kappa shape index (κ2) is 11.8. The Balaban J connectivity index is 1.27. The van der Waals surface area contributed by atoms with E-state index in [1.54, 1.807) is 52.2 Å². The van der Waals surface area contributed by atoms with Gasteiger partial charge in [-0.05, 0) is 84.2 Å². The first-order valence-electron chi connectivity index (χ1n) is 14.6. The summed E-state index contributed by atoms with van der Waals surface area (Å²) in [6.07, 6.45) is 5.52. The summed E-state index contributed by atoms with van der Waals surface area (Å²) in [4.78, 5) is 52.2. The number of para-hydroxylation sites is 1. The summed E-state index contributed by atoms with van der Waals surface area (Å²) in [7, 11) is 0. The molecule has 1 unspecified atom stereocenters. The summed E-state index contributed by atoms with van der Waals surface area (Å²) in [6.45, 7) is 2.45. The van der Waals surface area contributed by atoms with Gasteiger partial charge in [-0.1, -0.05) is 23.7 Å². The van der Waals surface area contributed by atoms with E-state index in [4.69, 9.17) is 16.3 Å². The average Bonchev–Trinajstić information content (AvgIpc) is 3.83. The van der Waals surface area contributed by atoms with Gasteiger partial charge >= 0.3 is 5.69 Å². The minimum atomic E-state index is -0.461. The van der Waals surface area contributed by atoms with Crippen LogP contribution in [0, 0.1) is 0 Å². The number of halogens is 2. The van der Waals surface area contributed by atoms with Gasteiger partial charge in [-0.15, -0.1) is 0 Å². The molecule has 1 aliphatic heterocycles. The Labute approximate surface area is 271 Å². The molecule has 1 fully saturated rings. The molecule has 1 N–H and O–H groups in total. The first-order chi connectivity index (χ1) is 21.8. The summed E-state index contributed by atoms with van der Waals surface area (Å²) in [5.41, 5.74) is 3.39. The highest BCUT2D eigenvalue weighted by Crippen LogP contribution is 2.29. The third-order valence-corrected chi connectivity index (χ3v) is 9.35. The van der Waals surface area contributed by atoms with Crippen LogP contribution in [0.25, 0.3) is 16.7 Å². The molecule has 0 saturated heterocycles. The molecule has 3 aromatic carbocycles. The molecule has 0 radical (unpaired) electrons. The van der Waals surface area contributed by atoms with E-state index in [-0.39, 0.29) is 36.5 Å². The van der Waals surface area contributed by atoms with Crippen molar-refractivity contribution in [1.82, 2.24) is 29.3 Å². The van der Waals surface area contributed by atoms with Crippen LogP contribution < -0.4 is 15.7 Å². The van der Waals surface area contributed by atoms with Crippen molar-refractivity contribution in [2.45, 2.75) is 45.0 Å². The van der Waals surface area contributed by atoms with Crippen molar-refractivity contribution in [3.05, 3.63) is 116 Å². The van der Waals surface area contributed by atoms with Gasteiger partial charge in [-0.25, -0.2) is 4.79 Å². The molecule has 45 heavy (non-hydrogen) atoms. The van der Waals surface area contributed by atoms with Crippen LogP contribution in [0.3, 0.4) is 0 Å². The largest absolute Gasteiger partial charge is 0.490 e. The molecule has 2 aliphatic rings. The lowest BCUT2D eigenvalue weighted by Crippen LogP contribution is -2.41. The van der Waals surface area contributed by atoms with Gasteiger partial charge in [-0.2, -0.15) is 0 Å². The predicted molar refractivity (Wildman–Crippen MR) is 173 cm³/mol. The number of carbonyl (C=O) groups excluding carboxylic acids is 2. The highest BCUT2D eigenvalue weighted by Gasteiger charge is 2.33. The molecule has 10 nitrogen and oxygen atoms in total. The maximum absolute atomic E-state index is 14.2. The summed E-state index contributed by atoms with van der Waals surface area (Å²) >= 11 is 9.64. The molecule has 12 heteroatoms. The van der Waals surface area contributed by atoms with E-state index in [9.17, 15) is 14.4 Å². The number of rotatable bonds is 7. The Hall–Kier alpha value is -4.48. The monoisotopic (exact) mass is 686 g/mol. The Morgan fingerprint density at radius 2 is 1.82 bits per heavy atom. The molecule has 1 aliphatic carbocycles. The normalized spacial score (nSPS) is 15.0. The van der Waals surface area contributed by atoms with Crippen molar-refractivity contribution in [1.29, 1.82) is 0 Å². The van der Waals surface area contributed by atoms with Crippen LogP contribution in [0.5, 0.6) is 5.75 Å². The standard InChI is InChI=1S/C33H28BrClN6O4/c1-19(24-3-2-4-27-29(24)37-14-13-36-27)38-31(42)30-28-18-39(32(43)20-5-12-25(34)26(35)17-20)15-16-40(28)33(44)41(30)21-6-8-22(9-7-21)45-23-10-11-23/h2-9,12-14,17,19,23H,10-11,15-16,18H2,1H3,(H,38,42). The number of fused-ring (bicyclic) bond motifs is 2. The van der Waals surface area contributed by atoms with Crippen LogP contribution >= 0.6 is 27.5 Å². The lowest BCUT2D eigenvalue weighted by molar-refractivity contribution is 0.0706. The second-order valence-corrected chi connectivity index (χ2v) is 12.5. The first-order valence-corrected chi connectivity index (χ1v) is 15.8. The number of nitrogens with one attached hydrogen (secondary N) is 1. The zero-order chi connectivity index (χ0) is 31.2. The van der Waals surface area contributed by atoms with Gasteiger partial charge in [0.15, 0.2) is 0 Å². The number of hydrogen-bond donors (Lipinski definition) is 1. The van der Waals surface area contributed by atoms with Gasteiger partial charge in [0.1, 0.15) is 11.4 Å². The van der Waals surface area contributed by atoms with Crippen molar-refractivity contribution in [3.63, 3.8) is 0 Å². The van der Waals surface area contributed by atoms with Gasteiger partial charge in [0.2, 0.25) is 0 Å². The van der Waals surface area contributed by atoms with Gasteiger partial charge in [0.05, 0.1) is 46.1 Å². The fraction of sp³-hybridized carbons (Fsp3) is 0.242. The number of hydrogen-bond acceptors (Lipinski definition) is 6. The highest BCUT2D eigenvalue weighted by molar-refractivity contribution is 9.10. The maximum atomic E-state index is 14.2. The third kappa shape index (κ3) is 5.62. The van der Waals surface area contributed by atoms with Crippen molar-refractivity contribution in [2.75, 3.05) is 6.54 Å². The Kier molecular flexibility index (Phi) is 7.66. The second-order valence-electron chi connectivity index (χ2n) is 11.2. The minimum absolute atomic E-state index is 0.0640. The number of imidazole rings is 1. The van der Waals surface area contributed by atoms with E-state index >= 15 is 0 Å². The van der Waals surface area contributed by atoms with E-state index in [0.29, 0.717) is 49.8 Å². The molecule has 1 saturated carbocycles. The molecule has 2 amide bonds. The van der Waals surface area contributed by atoms with Crippen LogP contribution in [-0.2, 0) is 13.1 Å². The molecule has 7 rings (SSSR count). The molecular weight excluding hydrogens is 660 g/mol.